The van der Waals surface area contributed by atoms with Crippen LogP contribution >= 0.6 is 27.3 Å². The zero-order valence-corrected chi connectivity index (χ0v) is 9.42. The maximum absolute atomic E-state index is 4.39. The lowest BCUT2D eigenvalue weighted by Crippen LogP contribution is -1.91. The minimum atomic E-state index is 0.701. The number of rotatable bonds is 2. The van der Waals surface area contributed by atoms with Gasteiger partial charge in [-0.15, -0.1) is 11.3 Å². The summed E-state index contributed by atoms with van der Waals surface area (Å²) in [6.07, 6.45) is 1.09. The van der Waals surface area contributed by atoms with Gasteiger partial charge in [-0.1, -0.05) is 13.8 Å². The second-order valence-corrected chi connectivity index (χ2v) is 5.09. The number of thiazole rings is 1. The van der Waals surface area contributed by atoms with Crippen LogP contribution in [0.1, 0.15) is 23.7 Å². The predicted molar refractivity (Wildman–Crippen MR) is 53.1 cm³/mol. The van der Waals surface area contributed by atoms with E-state index in [-0.39, 0.29) is 0 Å². The van der Waals surface area contributed by atoms with Gasteiger partial charge in [0.25, 0.3) is 0 Å². The Hall–Kier alpha value is 0.110. The lowest BCUT2D eigenvalue weighted by atomic mass is 10.1. The highest BCUT2D eigenvalue weighted by Crippen LogP contribution is 2.23. The van der Waals surface area contributed by atoms with Gasteiger partial charge in [-0.25, -0.2) is 4.98 Å². The van der Waals surface area contributed by atoms with E-state index in [4.69, 9.17) is 0 Å². The third kappa shape index (κ3) is 2.56. The van der Waals surface area contributed by atoms with E-state index in [1.54, 1.807) is 11.3 Å². The van der Waals surface area contributed by atoms with Crippen LogP contribution in [-0.2, 0) is 6.42 Å². The van der Waals surface area contributed by atoms with Crippen molar-refractivity contribution in [3.05, 3.63) is 14.5 Å². The van der Waals surface area contributed by atoms with Crippen molar-refractivity contribution in [3.63, 3.8) is 0 Å². The lowest BCUT2D eigenvalue weighted by molar-refractivity contribution is 0.644. The van der Waals surface area contributed by atoms with Crippen molar-refractivity contribution in [2.24, 2.45) is 5.92 Å². The first-order valence-corrected chi connectivity index (χ1v) is 5.32. The van der Waals surface area contributed by atoms with Crippen molar-refractivity contribution in [2.75, 3.05) is 0 Å². The largest absolute Gasteiger partial charge is 0.234 e. The molecule has 62 valence electrons. The molecule has 1 nitrogen and oxygen atoms in total. The summed E-state index contributed by atoms with van der Waals surface area (Å²) in [6.45, 7) is 6.51. The highest BCUT2D eigenvalue weighted by molar-refractivity contribution is 9.10. The predicted octanol–water partition coefficient (Wildman–Crippen LogP) is 3.41. The van der Waals surface area contributed by atoms with Crippen LogP contribution in [0.4, 0.5) is 0 Å². The maximum Gasteiger partial charge on any atom is 0.120 e. The first-order valence-electron chi connectivity index (χ1n) is 3.71. The molecule has 0 N–H and O–H groups in total. The lowest BCUT2D eigenvalue weighted by Gasteiger charge is -1.97. The molecule has 0 aromatic carbocycles. The normalized spacial score (nSPS) is 11.0. The Morgan fingerprint density at radius 2 is 2.18 bits per heavy atom. The Balaban J connectivity index is 2.73. The van der Waals surface area contributed by atoms with E-state index < -0.39 is 0 Å². The second-order valence-electron chi connectivity index (χ2n) is 3.05. The Bertz CT molecular complexity index is 223. The van der Waals surface area contributed by atoms with E-state index in [2.05, 4.69) is 41.7 Å². The number of hydrogen-bond acceptors (Lipinski definition) is 2. The molecule has 1 aromatic rings. The molecule has 1 heterocycles. The first kappa shape index (κ1) is 9.20. The van der Waals surface area contributed by atoms with Crippen molar-refractivity contribution in [1.29, 1.82) is 0 Å². The Kier molecular flexibility index (Phi) is 3.07. The highest BCUT2D eigenvalue weighted by atomic mass is 79.9. The molecule has 0 saturated heterocycles. The molecular formula is C8H12BrNS. The van der Waals surface area contributed by atoms with Gasteiger partial charge in [0, 0.05) is 11.3 Å². The molecule has 3 heteroatoms. The molecule has 1 aromatic heterocycles. The number of hydrogen-bond donors (Lipinski definition) is 0. The Morgan fingerprint density at radius 1 is 1.55 bits per heavy atom. The topological polar surface area (TPSA) is 12.9 Å². The van der Waals surface area contributed by atoms with Gasteiger partial charge in [0.05, 0.1) is 5.01 Å². The van der Waals surface area contributed by atoms with Crippen LogP contribution in [0.5, 0.6) is 0 Å². The molecule has 11 heavy (non-hydrogen) atoms. The van der Waals surface area contributed by atoms with Crippen LogP contribution in [-0.4, -0.2) is 4.98 Å². The van der Waals surface area contributed by atoms with Crippen LogP contribution in [0.25, 0.3) is 0 Å². The maximum atomic E-state index is 4.39. The van der Waals surface area contributed by atoms with E-state index in [1.807, 2.05) is 0 Å². The fourth-order valence-corrected chi connectivity index (χ4v) is 2.48. The quantitative estimate of drug-likeness (QED) is 0.764. The number of aryl methyl sites for hydroxylation is 1. The van der Waals surface area contributed by atoms with E-state index in [9.17, 15) is 0 Å². The molecule has 0 atom stereocenters. The molecule has 0 radical (unpaired) electrons. The molecule has 0 aliphatic carbocycles. The summed E-state index contributed by atoms with van der Waals surface area (Å²) in [7, 11) is 0. The van der Waals surface area contributed by atoms with E-state index >= 15 is 0 Å². The van der Waals surface area contributed by atoms with Gasteiger partial charge in [0.1, 0.15) is 4.60 Å². The van der Waals surface area contributed by atoms with Gasteiger partial charge in [0.15, 0.2) is 0 Å². The second kappa shape index (κ2) is 3.68. The molecule has 0 spiro atoms. The number of nitrogens with zero attached hydrogens (tertiary/aromatic N) is 1. The summed E-state index contributed by atoms with van der Waals surface area (Å²) in [6, 6.07) is 0. The molecular weight excluding hydrogens is 222 g/mol. The van der Waals surface area contributed by atoms with Gasteiger partial charge in [-0.2, -0.15) is 0 Å². The minimum absolute atomic E-state index is 0.701. The summed E-state index contributed by atoms with van der Waals surface area (Å²) in [5, 5.41) is 1.24. The van der Waals surface area contributed by atoms with Crippen molar-refractivity contribution in [2.45, 2.75) is 27.2 Å². The molecule has 0 fully saturated rings. The molecule has 0 bridgehead atoms. The molecule has 0 aliphatic rings. The zero-order valence-electron chi connectivity index (χ0n) is 7.02. The van der Waals surface area contributed by atoms with Crippen LogP contribution in [0.15, 0.2) is 4.60 Å². The average molecular weight is 234 g/mol. The van der Waals surface area contributed by atoms with E-state index in [1.165, 1.54) is 9.88 Å². The van der Waals surface area contributed by atoms with E-state index in [0.717, 1.165) is 11.0 Å². The van der Waals surface area contributed by atoms with Crippen molar-refractivity contribution < 1.29 is 0 Å². The smallest absolute Gasteiger partial charge is 0.120 e. The summed E-state index contributed by atoms with van der Waals surface area (Å²) >= 11 is 5.19. The van der Waals surface area contributed by atoms with Crippen LogP contribution in [0, 0.1) is 12.8 Å². The SMILES string of the molecule is Cc1sc(CC(C)C)nc1Br. The van der Waals surface area contributed by atoms with Gasteiger partial charge < -0.3 is 0 Å². The number of halogens is 1. The van der Waals surface area contributed by atoms with Gasteiger partial charge >= 0.3 is 0 Å². The summed E-state index contributed by atoms with van der Waals surface area (Å²) in [5.74, 6) is 0.701. The van der Waals surface area contributed by atoms with Crippen molar-refractivity contribution in [3.8, 4) is 0 Å². The first-order chi connectivity index (χ1) is 5.09. The zero-order chi connectivity index (χ0) is 8.43. The standard InChI is InChI=1S/C8H12BrNS/c1-5(2)4-7-10-8(9)6(3)11-7/h5H,4H2,1-3H3. The molecule has 0 aliphatic heterocycles. The monoisotopic (exact) mass is 233 g/mol. The molecule has 1 rings (SSSR count). The van der Waals surface area contributed by atoms with E-state index in [0.29, 0.717) is 5.92 Å². The van der Waals surface area contributed by atoms with Gasteiger partial charge in [-0.3, -0.25) is 0 Å². The third-order valence-electron chi connectivity index (χ3n) is 1.37. The van der Waals surface area contributed by atoms with Crippen molar-refractivity contribution >= 4 is 27.3 Å². The molecule has 0 unspecified atom stereocenters. The Labute approximate surface area is 80.0 Å². The Morgan fingerprint density at radius 3 is 2.55 bits per heavy atom. The summed E-state index contributed by atoms with van der Waals surface area (Å²) < 4.78 is 1.01. The fraction of sp³-hybridized carbons (Fsp3) is 0.625. The average Bonchev–Trinajstić information content (AvgIpc) is 2.10. The summed E-state index contributed by atoms with van der Waals surface area (Å²) in [5.41, 5.74) is 0. The van der Waals surface area contributed by atoms with Crippen LogP contribution < -0.4 is 0 Å². The molecule has 0 amide bonds. The number of aromatic nitrogens is 1. The van der Waals surface area contributed by atoms with Crippen LogP contribution in [0.2, 0.25) is 0 Å². The van der Waals surface area contributed by atoms with Crippen molar-refractivity contribution in [1.82, 2.24) is 4.98 Å². The minimum Gasteiger partial charge on any atom is -0.234 e. The summed E-state index contributed by atoms with van der Waals surface area (Å²) in [4.78, 5) is 5.66. The molecule has 0 saturated carbocycles. The van der Waals surface area contributed by atoms with Gasteiger partial charge in [0.2, 0.25) is 0 Å². The third-order valence-corrected chi connectivity index (χ3v) is 3.39. The fourth-order valence-electron chi connectivity index (χ4n) is 0.866. The highest BCUT2D eigenvalue weighted by Gasteiger charge is 2.05. The van der Waals surface area contributed by atoms with Crippen LogP contribution in [0.3, 0.4) is 0 Å². The van der Waals surface area contributed by atoms with Gasteiger partial charge in [-0.05, 0) is 28.8 Å².